The zero-order chi connectivity index (χ0) is 11.1. The van der Waals surface area contributed by atoms with Crippen LogP contribution in [0.25, 0.3) is 0 Å². The van der Waals surface area contributed by atoms with Crippen molar-refractivity contribution >= 4 is 12.3 Å². The molecule has 0 aliphatic heterocycles. The lowest BCUT2D eigenvalue weighted by atomic mass is 10.2. The maximum absolute atomic E-state index is 11.4. The van der Waals surface area contributed by atoms with Crippen LogP contribution in [0.5, 0.6) is 0 Å². The Bertz CT molecular complexity index is 398. The van der Waals surface area contributed by atoms with Crippen molar-refractivity contribution in [3.63, 3.8) is 0 Å². The van der Waals surface area contributed by atoms with Crippen LogP contribution in [0.15, 0.2) is 30.3 Å². The Morgan fingerprint density at radius 1 is 1.40 bits per heavy atom. The second kappa shape index (κ2) is 5.61. The quantitative estimate of drug-likeness (QED) is 0.423. The standard InChI is InChI=1S/C12H10O3/c1-2-6-11(9-13)15-12(14)10-7-4-3-5-8-10/h3-5,7-9,11H,1H3. The Balaban J connectivity index is 2.69. The van der Waals surface area contributed by atoms with Gasteiger partial charge < -0.3 is 4.74 Å². The van der Waals surface area contributed by atoms with Crippen molar-refractivity contribution in [1.82, 2.24) is 0 Å². The number of rotatable bonds is 3. The number of aldehydes is 1. The van der Waals surface area contributed by atoms with Gasteiger partial charge in [-0.1, -0.05) is 24.1 Å². The van der Waals surface area contributed by atoms with Crippen LogP contribution in [0.4, 0.5) is 0 Å². The molecule has 1 atom stereocenters. The molecular formula is C12H10O3. The summed E-state index contributed by atoms with van der Waals surface area (Å²) in [6.45, 7) is 1.58. The van der Waals surface area contributed by atoms with Crippen molar-refractivity contribution in [2.45, 2.75) is 13.0 Å². The first kappa shape index (κ1) is 11.0. The van der Waals surface area contributed by atoms with Crippen LogP contribution in [0.3, 0.4) is 0 Å². The molecule has 0 bridgehead atoms. The Morgan fingerprint density at radius 3 is 2.60 bits per heavy atom. The van der Waals surface area contributed by atoms with E-state index in [9.17, 15) is 9.59 Å². The molecule has 0 saturated carbocycles. The smallest absolute Gasteiger partial charge is 0.339 e. The monoisotopic (exact) mass is 202 g/mol. The summed E-state index contributed by atoms with van der Waals surface area (Å²) in [6.07, 6.45) is -0.486. The molecule has 0 aromatic heterocycles. The largest absolute Gasteiger partial charge is 0.438 e. The molecule has 1 rings (SSSR count). The van der Waals surface area contributed by atoms with Gasteiger partial charge >= 0.3 is 5.97 Å². The fourth-order valence-corrected chi connectivity index (χ4v) is 0.991. The third-order valence-electron chi connectivity index (χ3n) is 1.65. The fraction of sp³-hybridized carbons (Fsp3) is 0.167. The summed E-state index contributed by atoms with van der Waals surface area (Å²) in [7, 11) is 0. The number of esters is 1. The highest BCUT2D eigenvalue weighted by atomic mass is 16.5. The maximum atomic E-state index is 11.4. The second-order valence-electron chi connectivity index (χ2n) is 2.72. The molecule has 0 spiro atoms. The van der Waals surface area contributed by atoms with Crippen LogP contribution < -0.4 is 0 Å². The topological polar surface area (TPSA) is 43.4 Å². The normalized spacial score (nSPS) is 10.7. The van der Waals surface area contributed by atoms with E-state index in [1.165, 1.54) is 0 Å². The molecule has 0 saturated heterocycles. The van der Waals surface area contributed by atoms with E-state index >= 15 is 0 Å². The zero-order valence-corrected chi connectivity index (χ0v) is 8.27. The van der Waals surface area contributed by atoms with E-state index < -0.39 is 12.1 Å². The summed E-state index contributed by atoms with van der Waals surface area (Å²) < 4.78 is 4.85. The molecule has 0 fully saturated rings. The lowest BCUT2D eigenvalue weighted by Gasteiger charge is -2.05. The highest BCUT2D eigenvalue weighted by molar-refractivity contribution is 5.90. The van der Waals surface area contributed by atoms with Gasteiger partial charge in [0.15, 0.2) is 6.29 Å². The van der Waals surface area contributed by atoms with Crippen LogP contribution in [-0.2, 0) is 9.53 Å². The number of benzene rings is 1. The molecule has 1 aromatic rings. The van der Waals surface area contributed by atoms with Gasteiger partial charge in [-0.2, -0.15) is 0 Å². The van der Waals surface area contributed by atoms with Crippen molar-refractivity contribution in [2.24, 2.45) is 0 Å². The van der Waals surface area contributed by atoms with Gasteiger partial charge in [-0.3, -0.25) is 4.79 Å². The molecule has 0 heterocycles. The van der Waals surface area contributed by atoms with Crippen molar-refractivity contribution in [1.29, 1.82) is 0 Å². The van der Waals surface area contributed by atoms with Gasteiger partial charge in [0.25, 0.3) is 0 Å². The Hall–Kier alpha value is -2.08. The van der Waals surface area contributed by atoms with Crippen LogP contribution in [0.1, 0.15) is 17.3 Å². The Morgan fingerprint density at radius 2 is 2.07 bits per heavy atom. The number of carbonyl (C=O) groups is 2. The summed E-state index contributed by atoms with van der Waals surface area (Å²) in [5.74, 6) is 4.44. The lowest BCUT2D eigenvalue weighted by molar-refractivity contribution is -0.113. The minimum atomic E-state index is -0.984. The van der Waals surface area contributed by atoms with Gasteiger partial charge in [0.05, 0.1) is 5.56 Å². The molecular weight excluding hydrogens is 192 g/mol. The van der Waals surface area contributed by atoms with Crippen molar-refractivity contribution < 1.29 is 14.3 Å². The lowest BCUT2D eigenvalue weighted by Crippen LogP contribution is -2.17. The summed E-state index contributed by atoms with van der Waals surface area (Å²) in [4.78, 5) is 21.9. The average molecular weight is 202 g/mol. The minimum Gasteiger partial charge on any atom is -0.438 e. The van der Waals surface area contributed by atoms with Gasteiger partial charge in [0, 0.05) is 0 Å². The van der Waals surface area contributed by atoms with E-state index in [2.05, 4.69) is 11.8 Å². The summed E-state index contributed by atoms with van der Waals surface area (Å²) >= 11 is 0. The van der Waals surface area contributed by atoms with Crippen LogP contribution in [-0.4, -0.2) is 18.4 Å². The highest BCUT2D eigenvalue weighted by Gasteiger charge is 2.11. The average Bonchev–Trinajstić information content (AvgIpc) is 2.29. The number of carbonyl (C=O) groups excluding carboxylic acids is 2. The van der Waals surface area contributed by atoms with Crippen molar-refractivity contribution in [2.75, 3.05) is 0 Å². The third-order valence-corrected chi connectivity index (χ3v) is 1.65. The zero-order valence-electron chi connectivity index (χ0n) is 8.27. The molecule has 3 nitrogen and oxygen atoms in total. The molecule has 0 aliphatic carbocycles. The maximum Gasteiger partial charge on any atom is 0.339 e. The Kier molecular flexibility index (Phi) is 4.11. The molecule has 15 heavy (non-hydrogen) atoms. The van der Waals surface area contributed by atoms with Crippen LogP contribution in [0.2, 0.25) is 0 Å². The van der Waals surface area contributed by atoms with Crippen molar-refractivity contribution in [3.8, 4) is 11.8 Å². The summed E-state index contributed by atoms with van der Waals surface area (Å²) in [6, 6.07) is 8.46. The third kappa shape index (κ3) is 3.28. The Labute approximate surface area is 88.1 Å². The van der Waals surface area contributed by atoms with E-state index in [0.717, 1.165) is 0 Å². The van der Waals surface area contributed by atoms with E-state index in [1.807, 2.05) is 0 Å². The van der Waals surface area contributed by atoms with Gasteiger partial charge in [0.1, 0.15) is 0 Å². The molecule has 0 amide bonds. The number of hydrogen-bond acceptors (Lipinski definition) is 3. The highest BCUT2D eigenvalue weighted by Crippen LogP contribution is 2.02. The fourth-order valence-electron chi connectivity index (χ4n) is 0.991. The molecule has 0 aliphatic rings. The van der Waals surface area contributed by atoms with Gasteiger partial charge in [0.2, 0.25) is 6.10 Å². The number of ether oxygens (including phenoxy) is 1. The van der Waals surface area contributed by atoms with E-state index in [-0.39, 0.29) is 0 Å². The molecule has 3 heteroatoms. The van der Waals surface area contributed by atoms with Crippen LogP contribution in [0, 0.1) is 11.8 Å². The van der Waals surface area contributed by atoms with Crippen LogP contribution >= 0.6 is 0 Å². The van der Waals surface area contributed by atoms with E-state index in [0.29, 0.717) is 11.8 Å². The molecule has 0 N–H and O–H groups in total. The molecule has 1 aromatic carbocycles. The first-order valence-electron chi connectivity index (χ1n) is 4.41. The molecule has 76 valence electrons. The summed E-state index contributed by atoms with van der Waals surface area (Å²) in [5.41, 5.74) is 0.405. The first-order chi connectivity index (χ1) is 7.27. The SMILES string of the molecule is CC#CC(C=O)OC(=O)c1ccccc1. The first-order valence-corrected chi connectivity index (χ1v) is 4.41. The predicted molar refractivity (Wildman–Crippen MR) is 55.2 cm³/mol. The van der Waals surface area contributed by atoms with E-state index in [1.54, 1.807) is 37.3 Å². The molecule has 0 radical (unpaired) electrons. The van der Waals surface area contributed by atoms with Gasteiger partial charge in [-0.05, 0) is 19.1 Å². The second-order valence-corrected chi connectivity index (χ2v) is 2.72. The minimum absolute atomic E-state index is 0.405. The number of hydrogen-bond donors (Lipinski definition) is 0. The van der Waals surface area contributed by atoms with Gasteiger partial charge in [-0.25, -0.2) is 4.79 Å². The molecule has 1 unspecified atom stereocenters. The van der Waals surface area contributed by atoms with E-state index in [4.69, 9.17) is 4.74 Å². The summed E-state index contributed by atoms with van der Waals surface area (Å²) in [5, 5.41) is 0. The predicted octanol–water partition coefficient (Wildman–Crippen LogP) is 1.43. The van der Waals surface area contributed by atoms with Crippen molar-refractivity contribution in [3.05, 3.63) is 35.9 Å². The van der Waals surface area contributed by atoms with Gasteiger partial charge in [-0.15, -0.1) is 5.92 Å².